The van der Waals surface area contributed by atoms with E-state index in [0.29, 0.717) is 0 Å². The third-order valence-corrected chi connectivity index (χ3v) is 2.64. The molecular weight excluding hydrogens is 176 g/mol. The minimum Gasteiger partial charge on any atom is -0.507 e. The van der Waals surface area contributed by atoms with Crippen molar-refractivity contribution in [2.24, 2.45) is 0 Å². The number of phenols is 2. The van der Waals surface area contributed by atoms with Crippen molar-refractivity contribution >= 4 is 22.9 Å². The van der Waals surface area contributed by atoms with Crippen molar-refractivity contribution in [3.8, 4) is 11.5 Å². The van der Waals surface area contributed by atoms with Crippen molar-refractivity contribution in [1.29, 1.82) is 0 Å². The lowest BCUT2D eigenvalue weighted by Crippen LogP contribution is -1.80. The Morgan fingerprint density at radius 2 is 1.21 bits per heavy atom. The lowest BCUT2D eigenvalue weighted by molar-refractivity contribution is 0.474. The molecule has 0 heterocycles. The van der Waals surface area contributed by atoms with E-state index in [9.17, 15) is 10.2 Å². The average Bonchev–Trinajstić information content (AvgIpc) is 2.62. The predicted molar refractivity (Wildman–Crippen MR) is 56.2 cm³/mol. The first kappa shape index (κ1) is 7.44. The molecule has 0 atom stereocenters. The van der Waals surface area contributed by atoms with Gasteiger partial charge in [0.15, 0.2) is 0 Å². The van der Waals surface area contributed by atoms with E-state index < -0.39 is 0 Å². The van der Waals surface area contributed by atoms with Gasteiger partial charge in [0.05, 0.1) is 0 Å². The minimum atomic E-state index is 0.262. The molecule has 1 aliphatic rings. The fourth-order valence-corrected chi connectivity index (χ4v) is 1.96. The Bertz CT molecular complexity index is 521. The number of hydrogen-bond acceptors (Lipinski definition) is 2. The topological polar surface area (TPSA) is 40.5 Å². The van der Waals surface area contributed by atoms with Crippen LogP contribution in [0.2, 0.25) is 0 Å². The van der Waals surface area contributed by atoms with Crippen LogP contribution in [0.5, 0.6) is 11.5 Å². The Morgan fingerprint density at radius 3 is 1.71 bits per heavy atom. The van der Waals surface area contributed by atoms with Crippen LogP contribution >= 0.6 is 0 Å². The molecule has 68 valence electrons. The Balaban J connectivity index is 2.61. The largest absolute Gasteiger partial charge is 0.507 e. The van der Waals surface area contributed by atoms with Gasteiger partial charge in [-0.1, -0.05) is 12.1 Å². The predicted octanol–water partition coefficient (Wildman–Crippen LogP) is 2.73. The average molecular weight is 184 g/mol. The van der Waals surface area contributed by atoms with Crippen LogP contribution in [0.4, 0.5) is 0 Å². The van der Waals surface area contributed by atoms with E-state index in [1.165, 1.54) is 0 Å². The lowest BCUT2D eigenvalue weighted by atomic mass is 10.0. The maximum absolute atomic E-state index is 9.60. The van der Waals surface area contributed by atoms with Gasteiger partial charge in [0.2, 0.25) is 0 Å². The van der Waals surface area contributed by atoms with E-state index in [4.69, 9.17) is 0 Å². The molecule has 1 aliphatic carbocycles. The zero-order valence-electron chi connectivity index (χ0n) is 7.36. The Morgan fingerprint density at radius 1 is 0.714 bits per heavy atom. The molecular formula is C12H8O2. The van der Waals surface area contributed by atoms with Crippen molar-refractivity contribution in [2.75, 3.05) is 0 Å². The Labute approximate surface area is 80.7 Å². The van der Waals surface area contributed by atoms with E-state index >= 15 is 0 Å². The first-order valence-electron chi connectivity index (χ1n) is 4.43. The van der Waals surface area contributed by atoms with E-state index in [0.717, 1.165) is 21.9 Å². The fraction of sp³-hybridized carbons (Fsp3) is 0. The molecule has 0 radical (unpaired) electrons. The molecule has 0 unspecified atom stereocenters. The highest BCUT2D eigenvalue weighted by molar-refractivity contribution is 6.07. The van der Waals surface area contributed by atoms with Gasteiger partial charge in [-0.3, -0.25) is 0 Å². The maximum atomic E-state index is 9.60. The monoisotopic (exact) mass is 184 g/mol. The SMILES string of the molecule is Oc1ccc2ccc(O)c3c2c1C=C3. The number of rotatable bonds is 0. The van der Waals surface area contributed by atoms with Gasteiger partial charge in [0, 0.05) is 16.5 Å². The van der Waals surface area contributed by atoms with Gasteiger partial charge in [-0.25, -0.2) is 0 Å². The molecule has 0 aliphatic heterocycles. The third kappa shape index (κ3) is 0.752. The molecule has 0 bridgehead atoms. The third-order valence-electron chi connectivity index (χ3n) is 2.64. The molecule has 0 saturated carbocycles. The van der Waals surface area contributed by atoms with Crippen LogP contribution < -0.4 is 0 Å². The number of aromatic hydroxyl groups is 2. The quantitative estimate of drug-likeness (QED) is 0.564. The highest BCUT2D eigenvalue weighted by Gasteiger charge is 2.15. The maximum Gasteiger partial charge on any atom is 0.123 e. The van der Waals surface area contributed by atoms with Crippen LogP contribution in [0.1, 0.15) is 11.1 Å². The van der Waals surface area contributed by atoms with Gasteiger partial charge in [-0.2, -0.15) is 0 Å². The molecule has 3 rings (SSSR count). The smallest absolute Gasteiger partial charge is 0.123 e. The summed E-state index contributed by atoms with van der Waals surface area (Å²) in [4.78, 5) is 0. The first-order valence-corrected chi connectivity index (χ1v) is 4.43. The summed E-state index contributed by atoms with van der Waals surface area (Å²) >= 11 is 0. The molecule has 14 heavy (non-hydrogen) atoms. The number of benzene rings is 2. The highest BCUT2D eigenvalue weighted by Crippen LogP contribution is 2.40. The van der Waals surface area contributed by atoms with Crippen LogP contribution in [0.3, 0.4) is 0 Å². The summed E-state index contributed by atoms with van der Waals surface area (Å²) in [5.41, 5.74) is 1.60. The molecule has 0 spiro atoms. The van der Waals surface area contributed by atoms with Crippen LogP contribution in [-0.4, -0.2) is 10.2 Å². The van der Waals surface area contributed by atoms with Gasteiger partial charge in [0.1, 0.15) is 11.5 Å². The summed E-state index contributed by atoms with van der Waals surface area (Å²) < 4.78 is 0. The molecule has 2 N–H and O–H groups in total. The molecule has 2 aromatic rings. The van der Waals surface area contributed by atoms with Crippen molar-refractivity contribution < 1.29 is 10.2 Å². The zero-order chi connectivity index (χ0) is 9.71. The minimum absolute atomic E-state index is 0.262. The fourth-order valence-electron chi connectivity index (χ4n) is 1.96. The molecule has 0 fully saturated rings. The van der Waals surface area contributed by atoms with Crippen molar-refractivity contribution in [1.82, 2.24) is 0 Å². The normalized spacial score (nSPS) is 12.6. The Kier molecular flexibility index (Phi) is 1.22. The Hall–Kier alpha value is -1.96. The molecule has 0 amide bonds. The van der Waals surface area contributed by atoms with Crippen LogP contribution in [-0.2, 0) is 0 Å². The molecule has 2 aromatic carbocycles. The second kappa shape index (κ2) is 2.29. The lowest BCUT2D eigenvalue weighted by Gasteiger charge is -2.04. The molecule has 0 aromatic heterocycles. The molecule has 2 nitrogen and oxygen atoms in total. The van der Waals surface area contributed by atoms with E-state index in [-0.39, 0.29) is 11.5 Å². The van der Waals surface area contributed by atoms with Gasteiger partial charge in [-0.05, 0) is 29.7 Å². The number of phenolic OH excluding ortho intramolecular Hbond substituents is 2. The second-order valence-corrected chi connectivity index (χ2v) is 3.43. The number of hydrogen-bond donors (Lipinski definition) is 2. The van der Waals surface area contributed by atoms with Crippen molar-refractivity contribution in [3.05, 3.63) is 35.4 Å². The van der Waals surface area contributed by atoms with Gasteiger partial charge < -0.3 is 10.2 Å². The van der Waals surface area contributed by atoms with Crippen molar-refractivity contribution in [3.63, 3.8) is 0 Å². The standard InChI is InChI=1S/C12H8O2/c13-10-5-1-7-2-6-11(14)9-4-3-8(10)12(7)9/h1-6,13-14H. The highest BCUT2D eigenvalue weighted by atomic mass is 16.3. The van der Waals surface area contributed by atoms with Crippen molar-refractivity contribution in [2.45, 2.75) is 0 Å². The summed E-state index contributed by atoms with van der Waals surface area (Å²) in [6, 6.07) is 7.05. The second-order valence-electron chi connectivity index (χ2n) is 3.43. The van der Waals surface area contributed by atoms with Crippen LogP contribution in [0, 0.1) is 0 Å². The van der Waals surface area contributed by atoms with Crippen LogP contribution in [0.25, 0.3) is 22.9 Å². The van der Waals surface area contributed by atoms with E-state index in [1.807, 2.05) is 24.3 Å². The first-order chi connectivity index (χ1) is 6.77. The van der Waals surface area contributed by atoms with Crippen LogP contribution in [0.15, 0.2) is 24.3 Å². The zero-order valence-corrected chi connectivity index (χ0v) is 7.36. The molecule has 0 saturated heterocycles. The summed E-state index contributed by atoms with van der Waals surface area (Å²) in [6.07, 6.45) is 3.65. The summed E-state index contributed by atoms with van der Waals surface area (Å²) in [5.74, 6) is 0.524. The van der Waals surface area contributed by atoms with Gasteiger partial charge in [-0.15, -0.1) is 0 Å². The summed E-state index contributed by atoms with van der Waals surface area (Å²) in [7, 11) is 0. The van der Waals surface area contributed by atoms with Gasteiger partial charge in [0.25, 0.3) is 0 Å². The summed E-state index contributed by atoms with van der Waals surface area (Å²) in [6.45, 7) is 0. The summed E-state index contributed by atoms with van der Waals surface area (Å²) in [5, 5.41) is 21.2. The van der Waals surface area contributed by atoms with Gasteiger partial charge >= 0.3 is 0 Å². The molecule has 2 heteroatoms. The van der Waals surface area contributed by atoms with E-state index in [2.05, 4.69) is 0 Å². The van der Waals surface area contributed by atoms with E-state index in [1.54, 1.807) is 12.1 Å².